The van der Waals surface area contributed by atoms with Gasteiger partial charge in [0.1, 0.15) is 5.75 Å². The van der Waals surface area contributed by atoms with Crippen molar-refractivity contribution in [2.45, 2.75) is 111 Å². The largest absolute Gasteiger partial charge is 0.493 e. The van der Waals surface area contributed by atoms with Crippen LogP contribution in [0.3, 0.4) is 0 Å². The zero-order valence-electron chi connectivity index (χ0n) is 21.3. The van der Waals surface area contributed by atoms with Gasteiger partial charge in [-0.25, -0.2) is 0 Å². The number of unbranched alkanes of at least 4 members (excludes halogenated alkanes) is 13. The summed E-state index contributed by atoms with van der Waals surface area (Å²) in [5, 5.41) is 11.1. The highest BCUT2D eigenvalue weighted by Crippen LogP contribution is 2.26. The van der Waals surface area contributed by atoms with Crippen LogP contribution in [-0.4, -0.2) is 35.4 Å². The zero-order chi connectivity index (χ0) is 24.3. The van der Waals surface area contributed by atoms with E-state index in [1.807, 2.05) is 13.8 Å². The molecule has 0 N–H and O–H groups in total. The van der Waals surface area contributed by atoms with Crippen LogP contribution in [0.4, 0.5) is 5.69 Å². The molecule has 6 heteroatoms. The number of ether oxygens (including phenoxy) is 1. The first-order valence-electron chi connectivity index (χ1n) is 13.3. The summed E-state index contributed by atoms with van der Waals surface area (Å²) in [5.41, 5.74) is 0.188. The van der Waals surface area contributed by atoms with Crippen molar-refractivity contribution >= 4 is 11.6 Å². The molecule has 0 aliphatic carbocycles. The van der Waals surface area contributed by atoms with E-state index in [1.54, 1.807) is 11.0 Å². The summed E-state index contributed by atoms with van der Waals surface area (Å²) in [6.07, 6.45) is 18.2. The number of carbonyl (C=O) groups is 1. The minimum Gasteiger partial charge on any atom is -0.493 e. The van der Waals surface area contributed by atoms with Gasteiger partial charge in [0.2, 0.25) is 0 Å². The van der Waals surface area contributed by atoms with Gasteiger partial charge in [0, 0.05) is 25.2 Å². The van der Waals surface area contributed by atoms with Crippen molar-refractivity contribution in [3.8, 4) is 5.75 Å². The molecule has 33 heavy (non-hydrogen) atoms. The lowest BCUT2D eigenvalue weighted by Crippen LogP contribution is -2.30. The summed E-state index contributed by atoms with van der Waals surface area (Å²) >= 11 is 0. The van der Waals surface area contributed by atoms with Crippen molar-refractivity contribution in [1.29, 1.82) is 0 Å². The molecule has 0 radical (unpaired) electrons. The van der Waals surface area contributed by atoms with Crippen LogP contribution in [0.1, 0.15) is 121 Å². The molecule has 0 aromatic heterocycles. The van der Waals surface area contributed by atoms with Gasteiger partial charge in [0.25, 0.3) is 11.6 Å². The molecule has 0 saturated carbocycles. The number of hydrogen-bond acceptors (Lipinski definition) is 4. The first-order chi connectivity index (χ1) is 16.0. The van der Waals surface area contributed by atoms with Crippen LogP contribution in [-0.2, 0) is 0 Å². The number of hydrogen-bond donors (Lipinski definition) is 0. The molecule has 0 spiro atoms. The second-order valence-electron chi connectivity index (χ2n) is 8.86. The Morgan fingerprint density at radius 3 is 1.76 bits per heavy atom. The molecule has 0 unspecified atom stereocenters. The summed E-state index contributed by atoms with van der Waals surface area (Å²) in [6, 6.07) is 4.29. The molecular formula is C27H46N2O4. The molecule has 188 valence electrons. The Morgan fingerprint density at radius 2 is 1.30 bits per heavy atom. The summed E-state index contributed by atoms with van der Waals surface area (Å²) < 4.78 is 5.87. The van der Waals surface area contributed by atoms with Gasteiger partial charge in [-0.2, -0.15) is 0 Å². The van der Waals surface area contributed by atoms with Crippen molar-refractivity contribution in [2.75, 3.05) is 19.7 Å². The van der Waals surface area contributed by atoms with Crippen molar-refractivity contribution in [3.63, 3.8) is 0 Å². The Morgan fingerprint density at radius 1 is 0.818 bits per heavy atom. The van der Waals surface area contributed by atoms with Gasteiger partial charge >= 0.3 is 0 Å². The lowest BCUT2D eigenvalue weighted by Gasteiger charge is -2.20. The van der Waals surface area contributed by atoms with Gasteiger partial charge in [0.05, 0.1) is 17.1 Å². The van der Waals surface area contributed by atoms with Crippen LogP contribution in [0.25, 0.3) is 0 Å². The Bertz CT molecular complexity index is 674. The number of nitrogens with zero attached hydrogens (tertiary/aromatic N) is 2. The Balaban J connectivity index is 2.25. The van der Waals surface area contributed by atoms with Gasteiger partial charge in [-0.05, 0) is 26.3 Å². The first kappa shape index (κ1) is 28.9. The second kappa shape index (κ2) is 18.3. The monoisotopic (exact) mass is 462 g/mol. The highest BCUT2D eigenvalue weighted by Gasteiger charge is 2.21. The van der Waals surface area contributed by atoms with Gasteiger partial charge < -0.3 is 9.64 Å². The van der Waals surface area contributed by atoms with Crippen LogP contribution >= 0.6 is 0 Å². The maximum Gasteiger partial charge on any atom is 0.270 e. The summed E-state index contributed by atoms with van der Waals surface area (Å²) in [5.74, 6) is 0.215. The second-order valence-corrected chi connectivity index (χ2v) is 8.86. The fraction of sp³-hybridized carbons (Fsp3) is 0.741. The molecule has 1 aromatic carbocycles. The quantitative estimate of drug-likeness (QED) is 0.112. The van der Waals surface area contributed by atoms with Crippen LogP contribution < -0.4 is 4.74 Å². The number of non-ortho nitro benzene ring substituents is 1. The number of nitro groups is 1. The Labute approximate surface area is 201 Å². The zero-order valence-corrected chi connectivity index (χ0v) is 21.3. The van der Waals surface area contributed by atoms with Crippen molar-refractivity contribution in [2.24, 2.45) is 0 Å². The van der Waals surface area contributed by atoms with Crippen molar-refractivity contribution < 1.29 is 14.5 Å². The third-order valence-corrected chi connectivity index (χ3v) is 6.21. The number of carbonyl (C=O) groups excluding carboxylic acids is 1. The van der Waals surface area contributed by atoms with Crippen LogP contribution in [0.15, 0.2) is 18.2 Å². The lowest BCUT2D eigenvalue weighted by atomic mass is 10.0. The third kappa shape index (κ3) is 12.1. The topological polar surface area (TPSA) is 72.7 Å². The maximum absolute atomic E-state index is 12.8. The van der Waals surface area contributed by atoms with E-state index in [4.69, 9.17) is 4.74 Å². The molecule has 0 fully saturated rings. The van der Waals surface area contributed by atoms with Crippen LogP contribution in [0.2, 0.25) is 0 Å². The van der Waals surface area contributed by atoms with Gasteiger partial charge in [0.15, 0.2) is 0 Å². The molecule has 6 nitrogen and oxygen atoms in total. The van der Waals surface area contributed by atoms with Crippen molar-refractivity contribution in [3.05, 3.63) is 33.9 Å². The molecule has 0 aliphatic rings. The highest BCUT2D eigenvalue weighted by atomic mass is 16.6. The molecule has 0 bridgehead atoms. The molecule has 0 aliphatic heterocycles. The normalized spacial score (nSPS) is 10.9. The van der Waals surface area contributed by atoms with E-state index in [9.17, 15) is 14.9 Å². The summed E-state index contributed by atoms with van der Waals surface area (Å²) in [4.78, 5) is 25.1. The van der Waals surface area contributed by atoms with Crippen LogP contribution in [0.5, 0.6) is 5.75 Å². The van der Waals surface area contributed by atoms with E-state index in [-0.39, 0.29) is 17.2 Å². The minimum absolute atomic E-state index is 0.0886. The summed E-state index contributed by atoms with van der Waals surface area (Å²) in [6.45, 7) is 7.68. The minimum atomic E-state index is -0.476. The standard InChI is InChI=1S/C27H46N2O4/c1-4-7-8-9-10-11-12-13-14-15-16-17-18-19-22-33-26-21-20-24(29(31)32)23-25(26)27(30)28(5-2)6-3/h20-21,23H,4-19,22H2,1-3H3. The number of benzene rings is 1. The Hall–Kier alpha value is -2.11. The van der Waals surface area contributed by atoms with E-state index in [1.165, 1.54) is 89.2 Å². The van der Waals surface area contributed by atoms with E-state index in [2.05, 4.69) is 6.92 Å². The average Bonchev–Trinajstić information content (AvgIpc) is 2.82. The molecule has 1 amide bonds. The fourth-order valence-electron chi connectivity index (χ4n) is 4.08. The average molecular weight is 463 g/mol. The van der Waals surface area contributed by atoms with Gasteiger partial charge in [-0.15, -0.1) is 0 Å². The third-order valence-electron chi connectivity index (χ3n) is 6.21. The number of nitro benzene ring substituents is 1. The lowest BCUT2D eigenvalue weighted by molar-refractivity contribution is -0.384. The van der Waals surface area contributed by atoms with Crippen LogP contribution in [0, 0.1) is 10.1 Å². The van der Waals surface area contributed by atoms with Gasteiger partial charge in [-0.1, -0.05) is 90.4 Å². The van der Waals surface area contributed by atoms with Crippen molar-refractivity contribution in [1.82, 2.24) is 4.90 Å². The van der Waals surface area contributed by atoms with Gasteiger partial charge in [-0.3, -0.25) is 14.9 Å². The van der Waals surface area contributed by atoms with E-state index in [0.29, 0.717) is 25.4 Å². The SMILES string of the molecule is CCCCCCCCCCCCCCCCOc1ccc([N+](=O)[O-])cc1C(=O)N(CC)CC. The van der Waals surface area contributed by atoms with E-state index in [0.717, 1.165) is 12.8 Å². The summed E-state index contributed by atoms with van der Waals surface area (Å²) in [7, 11) is 0. The predicted molar refractivity (Wildman–Crippen MR) is 136 cm³/mol. The first-order valence-corrected chi connectivity index (χ1v) is 13.3. The number of amides is 1. The molecule has 1 rings (SSSR count). The molecule has 1 aromatic rings. The highest BCUT2D eigenvalue weighted by molar-refractivity contribution is 5.97. The Kier molecular flexibility index (Phi) is 16.1. The van der Waals surface area contributed by atoms with E-state index >= 15 is 0 Å². The predicted octanol–water partition coefficient (Wildman–Crippen LogP) is 7.94. The molecule has 0 atom stereocenters. The maximum atomic E-state index is 12.8. The van der Waals surface area contributed by atoms with E-state index < -0.39 is 4.92 Å². The number of rotatable bonds is 20. The fourth-order valence-corrected chi connectivity index (χ4v) is 4.08. The molecule has 0 heterocycles. The molecule has 0 saturated heterocycles. The molecular weight excluding hydrogens is 416 g/mol. The smallest absolute Gasteiger partial charge is 0.270 e.